The van der Waals surface area contributed by atoms with E-state index in [1.165, 1.54) is 32.4 Å². The van der Waals surface area contributed by atoms with Gasteiger partial charge in [-0.2, -0.15) is 0 Å². The summed E-state index contributed by atoms with van der Waals surface area (Å²) in [4.78, 5) is 2.65. The van der Waals surface area contributed by atoms with Crippen molar-refractivity contribution in [2.75, 3.05) is 32.8 Å². The minimum atomic E-state index is 0.261. The highest BCUT2D eigenvalue weighted by molar-refractivity contribution is 4.95. The second-order valence-electron chi connectivity index (χ2n) is 5.38. The molecule has 0 aromatic rings. The van der Waals surface area contributed by atoms with Gasteiger partial charge in [-0.3, -0.25) is 4.90 Å². The fourth-order valence-corrected chi connectivity index (χ4v) is 3.22. The van der Waals surface area contributed by atoms with E-state index in [1.807, 2.05) is 0 Å². The van der Waals surface area contributed by atoms with Crippen molar-refractivity contribution in [3.8, 4) is 0 Å². The van der Waals surface area contributed by atoms with Gasteiger partial charge >= 0.3 is 0 Å². The van der Waals surface area contributed by atoms with Gasteiger partial charge in [0.15, 0.2) is 0 Å². The Bertz CT molecular complexity index is 206. The minimum Gasteiger partial charge on any atom is -0.381 e. The van der Waals surface area contributed by atoms with E-state index in [-0.39, 0.29) is 5.54 Å². The molecule has 0 unspecified atom stereocenters. The third kappa shape index (κ3) is 2.41. The number of piperidine rings is 1. The van der Waals surface area contributed by atoms with Crippen molar-refractivity contribution in [2.24, 2.45) is 11.7 Å². The van der Waals surface area contributed by atoms with Gasteiger partial charge in [0.25, 0.3) is 0 Å². The molecule has 0 spiro atoms. The van der Waals surface area contributed by atoms with Gasteiger partial charge in [0.2, 0.25) is 0 Å². The average Bonchev–Trinajstić information content (AvgIpc) is 2.39. The smallest absolute Gasteiger partial charge is 0.0484 e. The van der Waals surface area contributed by atoms with Crippen molar-refractivity contribution in [2.45, 2.75) is 44.6 Å². The molecule has 0 aliphatic carbocycles. The van der Waals surface area contributed by atoms with Gasteiger partial charge in [-0.25, -0.2) is 0 Å². The molecule has 0 amide bonds. The fourth-order valence-electron chi connectivity index (χ4n) is 3.22. The largest absolute Gasteiger partial charge is 0.381 e. The van der Waals surface area contributed by atoms with Gasteiger partial charge in [0.1, 0.15) is 0 Å². The van der Waals surface area contributed by atoms with Gasteiger partial charge in [-0.1, -0.05) is 13.3 Å². The Morgan fingerprint density at radius 1 is 1.25 bits per heavy atom. The first-order valence-electron chi connectivity index (χ1n) is 6.83. The molecule has 94 valence electrons. The normalized spacial score (nSPS) is 28.1. The monoisotopic (exact) mass is 226 g/mol. The average molecular weight is 226 g/mol. The molecule has 2 aliphatic rings. The first kappa shape index (κ1) is 12.3. The van der Waals surface area contributed by atoms with Gasteiger partial charge in [0.05, 0.1) is 0 Å². The number of likely N-dealkylation sites (tertiary alicyclic amines) is 1. The molecular weight excluding hydrogens is 200 g/mol. The summed E-state index contributed by atoms with van der Waals surface area (Å²) in [5, 5.41) is 0. The van der Waals surface area contributed by atoms with E-state index in [4.69, 9.17) is 10.5 Å². The predicted molar refractivity (Wildman–Crippen MR) is 66.4 cm³/mol. The van der Waals surface area contributed by atoms with Crippen molar-refractivity contribution >= 4 is 0 Å². The Morgan fingerprint density at radius 2 is 1.88 bits per heavy atom. The number of nitrogens with zero attached hydrogens (tertiary/aromatic N) is 1. The summed E-state index contributed by atoms with van der Waals surface area (Å²) in [6, 6.07) is 0. The second kappa shape index (κ2) is 5.48. The fraction of sp³-hybridized carbons (Fsp3) is 1.00. The predicted octanol–water partition coefficient (Wildman–Crippen LogP) is 1.62. The van der Waals surface area contributed by atoms with E-state index in [9.17, 15) is 0 Å². The third-order valence-electron chi connectivity index (χ3n) is 4.67. The zero-order chi connectivity index (χ0) is 11.4. The third-order valence-corrected chi connectivity index (χ3v) is 4.67. The highest BCUT2D eigenvalue weighted by Crippen LogP contribution is 2.31. The molecule has 3 heteroatoms. The molecule has 2 N–H and O–H groups in total. The van der Waals surface area contributed by atoms with Crippen LogP contribution in [0.25, 0.3) is 0 Å². The van der Waals surface area contributed by atoms with Crippen LogP contribution >= 0.6 is 0 Å². The number of hydrogen-bond acceptors (Lipinski definition) is 3. The number of nitrogens with two attached hydrogens (primary N) is 1. The molecule has 0 aromatic heterocycles. The van der Waals surface area contributed by atoms with Crippen LogP contribution in [0.5, 0.6) is 0 Å². The zero-order valence-corrected chi connectivity index (χ0v) is 10.6. The Balaban J connectivity index is 1.94. The van der Waals surface area contributed by atoms with Crippen LogP contribution in [0.4, 0.5) is 0 Å². The maximum atomic E-state index is 6.04. The van der Waals surface area contributed by atoms with Crippen LogP contribution in [0.2, 0.25) is 0 Å². The molecule has 2 fully saturated rings. The lowest BCUT2D eigenvalue weighted by atomic mass is 9.84. The van der Waals surface area contributed by atoms with Crippen molar-refractivity contribution in [1.82, 2.24) is 4.90 Å². The highest BCUT2D eigenvalue weighted by atomic mass is 16.5. The van der Waals surface area contributed by atoms with E-state index in [1.54, 1.807) is 0 Å². The van der Waals surface area contributed by atoms with Crippen LogP contribution in [0.1, 0.15) is 39.0 Å². The van der Waals surface area contributed by atoms with Gasteiger partial charge in [-0.15, -0.1) is 0 Å². The van der Waals surface area contributed by atoms with Crippen LogP contribution in [-0.2, 0) is 4.74 Å². The van der Waals surface area contributed by atoms with Crippen LogP contribution in [-0.4, -0.2) is 43.3 Å². The minimum absolute atomic E-state index is 0.261. The zero-order valence-electron chi connectivity index (χ0n) is 10.6. The quantitative estimate of drug-likeness (QED) is 0.794. The Labute approximate surface area is 99.3 Å². The topological polar surface area (TPSA) is 38.5 Å². The summed E-state index contributed by atoms with van der Waals surface area (Å²) in [5.41, 5.74) is 6.30. The molecule has 3 nitrogen and oxygen atoms in total. The molecule has 2 aliphatic heterocycles. The maximum Gasteiger partial charge on any atom is 0.0484 e. The number of ether oxygens (including phenoxy) is 1. The summed E-state index contributed by atoms with van der Waals surface area (Å²) < 4.78 is 5.48. The molecule has 2 saturated heterocycles. The summed E-state index contributed by atoms with van der Waals surface area (Å²) in [7, 11) is 0. The molecule has 0 atom stereocenters. The Hall–Kier alpha value is -0.120. The van der Waals surface area contributed by atoms with E-state index in [0.29, 0.717) is 0 Å². The van der Waals surface area contributed by atoms with E-state index in [2.05, 4.69) is 11.8 Å². The molecule has 16 heavy (non-hydrogen) atoms. The van der Waals surface area contributed by atoms with Crippen LogP contribution < -0.4 is 5.73 Å². The van der Waals surface area contributed by atoms with Crippen molar-refractivity contribution < 1.29 is 4.74 Å². The van der Waals surface area contributed by atoms with E-state index in [0.717, 1.165) is 38.5 Å². The first-order valence-corrected chi connectivity index (χ1v) is 6.83. The number of rotatable bonds is 3. The lowest BCUT2D eigenvalue weighted by molar-refractivity contribution is -0.0374. The summed E-state index contributed by atoms with van der Waals surface area (Å²) >= 11 is 0. The van der Waals surface area contributed by atoms with Crippen LogP contribution in [0, 0.1) is 5.92 Å². The standard InChI is InChI=1S/C13H26N2O/c1-2-12-3-7-15(8-4-12)13(11-14)5-9-16-10-6-13/h12H,2-11,14H2,1H3. The summed E-state index contributed by atoms with van der Waals surface area (Å²) in [5.74, 6) is 0.950. The van der Waals surface area contributed by atoms with E-state index < -0.39 is 0 Å². The Morgan fingerprint density at radius 3 is 2.38 bits per heavy atom. The van der Waals surface area contributed by atoms with Crippen molar-refractivity contribution in [3.05, 3.63) is 0 Å². The van der Waals surface area contributed by atoms with Crippen LogP contribution in [0.15, 0.2) is 0 Å². The van der Waals surface area contributed by atoms with Gasteiger partial charge in [-0.05, 0) is 44.7 Å². The molecule has 0 aromatic carbocycles. The molecule has 2 rings (SSSR count). The van der Waals surface area contributed by atoms with Gasteiger partial charge in [0, 0.05) is 25.3 Å². The van der Waals surface area contributed by atoms with E-state index >= 15 is 0 Å². The first-order chi connectivity index (χ1) is 7.80. The highest BCUT2D eigenvalue weighted by Gasteiger charge is 2.38. The summed E-state index contributed by atoms with van der Waals surface area (Å²) in [6.45, 7) is 7.39. The second-order valence-corrected chi connectivity index (χ2v) is 5.38. The number of hydrogen-bond donors (Lipinski definition) is 1. The molecular formula is C13H26N2O. The van der Waals surface area contributed by atoms with Crippen LogP contribution in [0.3, 0.4) is 0 Å². The lowest BCUT2D eigenvalue weighted by Crippen LogP contribution is -2.58. The SMILES string of the molecule is CCC1CCN(C2(CN)CCOCC2)CC1. The summed E-state index contributed by atoms with van der Waals surface area (Å²) in [6.07, 6.45) is 6.31. The maximum absolute atomic E-state index is 6.04. The van der Waals surface area contributed by atoms with Crippen molar-refractivity contribution in [3.63, 3.8) is 0 Å². The molecule has 0 radical (unpaired) electrons. The lowest BCUT2D eigenvalue weighted by Gasteiger charge is -2.48. The van der Waals surface area contributed by atoms with Gasteiger partial charge < -0.3 is 10.5 Å². The van der Waals surface area contributed by atoms with Crippen molar-refractivity contribution in [1.29, 1.82) is 0 Å². The molecule has 0 bridgehead atoms. The Kier molecular flexibility index (Phi) is 4.22. The molecule has 2 heterocycles. The molecule has 0 saturated carbocycles.